The summed E-state index contributed by atoms with van der Waals surface area (Å²) in [6.45, 7) is 4.51. The fourth-order valence-corrected chi connectivity index (χ4v) is 4.60. The lowest BCUT2D eigenvalue weighted by Gasteiger charge is -2.28. The first-order valence-corrected chi connectivity index (χ1v) is 10.8. The van der Waals surface area contributed by atoms with Crippen LogP contribution < -0.4 is 0 Å². The summed E-state index contributed by atoms with van der Waals surface area (Å²) in [6.07, 6.45) is 12.6. The molecule has 0 aromatic heterocycles. The van der Waals surface area contributed by atoms with Gasteiger partial charge in [0.2, 0.25) is 0 Å². The maximum absolute atomic E-state index is 8.96. The zero-order valence-electron chi connectivity index (χ0n) is 17.0. The molecule has 2 aromatic carbocycles. The van der Waals surface area contributed by atoms with Crippen molar-refractivity contribution in [3.63, 3.8) is 0 Å². The Balaban J connectivity index is 1.53. The zero-order valence-corrected chi connectivity index (χ0v) is 17.0. The van der Waals surface area contributed by atoms with Crippen LogP contribution in [-0.4, -0.2) is 0 Å². The summed E-state index contributed by atoms with van der Waals surface area (Å²) >= 11 is 0. The summed E-state index contributed by atoms with van der Waals surface area (Å²) in [4.78, 5) is 0. The maximum atomic E-state index is 8.96. The summed E-state index contributed by atoms with van der Waals surface area (Å²) in [5.74, 6) is 1.94. The van der Waals surface area contributed by atoms with E-state index in [0.717, 1.165) is 17.4 Å². The van der Waals surface area contributed by atoms with Crippen molar-refractivity contribution in [3.8, 4) is 17.2 Å². The van der Waals surface area contributed by atoms with Crippen LogP contribution in [0.4, 0.5) is 0 Å². The molecule has 0 unspecified atom stereocenters. The second-order valence-corrected chi connectivity index (χ2v) is 8.41. The topological polar surface area (TPSA) is 23.8 Å². The average molecular weight is 360 g/mol. The van der Waals surface area contributed by atoms with Crippen molar-refractivity contribution in [1.82, 2.24) is 0 Å². The Hall–Kier alpha value is -2.07. The number of hydrogen-bond donors (Lipinski definition) is 0. The lowest BCUT2D eigenvalue weighted by atomic mass is 9.78. The van der Waals surface area contributed by atoms with E-state index in [1.807, 2.05) is 12.1 Å². The van der Waals surface area contributed by atoms with Crippen LogP contribution in [0.5, 0.6) is 0 Å². The van der Waals surface area contributed by atoms with Crippen LogP contribution in [0.1, 0.15) is 75.0 Å². The van der Waals surface area contributed by atoms with Gasteiger partial charge in [0.15, 0.2) is 0 Å². The summed E-state index contributed by atoms with van der Waals surface area (Å²) in [5.41, 5.74) is 6.00. The van der Waals surface area contributed by atoms with Gasteiger partial charge in [-0.3, -0.25) is 0 Å². The van der Waals surface area contributed by atoms with Crippen molar-refractivity contribution < 1.29 is 0 Å². The molecule has 0 aliphatic heterocycles. The van der Waals surface area contributed by atoms with Crippen LogP contribution in [0, 0.1) is 30.1 Å². The molecular formula is C26H33N. The summed E-state index contributed by atoms with van der Waals surface area (Å²) in [6, 6.07) is 17.0. The van der Waals surface area contributed by atoms with Gasteiger partial charge in [-0.1, -0.05) is 82.2 Å². The van der Waals surface area contributed by atoms with Crippen molar-refractivity contribution in [2.24, 2.45) is 11.8 Å². The molecule has 0 atom stereocenters. The molecule has 1 nitrogen and oxygen atoms in total. The second-order valence-electron chi connectivity index (χ2n) is 8.41. The zero-order chi connectivity index (χ0) is 19.1. The van der Waals surface area contributed by atoms with Gasteiger partial charge < -0.3 is 0 Å². The Labute approximate surface area is 165 Å². The number of rotatable bonds is 7. The number of hydrogen-bond acceptors (Lipinski definition) is 1. The molecule has 0 spiro atoms. The second kappa shape index (κ2) is 9.75. The molecular weight excluding hydrogens is 326 g/mol. The molecule has 1 fully saturated rings. The van der Waals surface area contributed by atoms with Crippen molar-refractivity contribution in [2.45, 2.75) is 71.6 Å². The minimum atomic E-state index is 0.720. The molecule has 1 saturated carbocycles. The van der Waals surface area contributed by atoms with E-state index in [-0.39, 0.29) is 0 Å². The summed E-state index contributed by atoms with van der Waals surface area (Å²) in [7, 11) is 0. The van der Waals surface area contributed by atoms with E-state index in [1.54, 1.807) is 0 Å². The van der Waals surface area contributed by atoms with E-state index in [0.29, 0.717) is 0 Å². The third-order valence-corrected chi connectivity index (χ3v) is 6.39. The van der Waals surface area contributed by atoms with Gasteiger partial charge >= 0.3 is 0 Å². The highest BCUT2D eigenvalue weighted by molar-refractivity contribution is 5.68. The number of aryl methyl sites for hydroxylation is 2. The molecule has 0 heterocycles. The number of nitriles is 1. The Morgan fingerprint density at radius 3 is 2.19 bits per heavy atom. The van der Waals surface area contributed by atoms with E-state index in [2.05, 4.69) is 50.2 Å². The molecule has 0 bridgehead atoms. The van der Waals surface area contributed by atoms with Crippen LogP contribution in [0.3, 0.4) is 0 Å². The van der Waals surface area contributed by atoms with Gasteiger partial charge in [0.25, 0.3) is 0 Å². The van der Waals surface area contributed by atoms with Gasteiger partial charge in [0.05, 0.1) is 11.6 Å². The van der Waals surface area contributed by atoms with Gasteiger partial charge in [0, 0.05) is 0 Å². The van der Waals surface area contributed by atoms with Crippen molar-refractivity contribution in [2.75, 3.05) is 0 Å². The Kier molecular flexibility index (Phi) is 7.11. The molecule has 1 aliphatic carbocycles. The first-order chi connectivity index (χ1) is 13.2. The van der Waals surface area contributed by atoms with Gasteiger partial charge in [-0.25, -0.2) is 0 Å². The van der Waals surface area contributed by atoms with Crippen molar-refractivity contribution in [1.29, 1.82) is 5.26 Å². The van der Waals surface area contributed by atoms with E-state index < -0.39 is 0 Å². The first kappa shape index (κ1) is 19.7. The molecule has 0 amide bonds. The van der Waals surface area contributed by atoms with E-state index in [4.69, 9.17) is 5.26 Å². The lowest BCUT2D eigenvalue weighted by molar-refractivity contribution is 0.250. The van der Waals surface area contributed by atoms with Crippen LogP contribution in [0.15, 0.2) is 42.5 Å². The normalized spacial score (nSPS) is 19.6. The average Bonchev–Trinajstić information content (AvgIpc) is 2.72. The number of unbranched alkanes of at least 4 members (excludes halogenated alkanes) is 1. The molecule has 1 heteroatoms. The first-order valence-electron chi connectivity index (χ1n) is 10.8. The molecule has 1 aliphatic rings. The lowest BCUT2D eigenvalue weighted by Crippen LogP contribution is -2.15. The highest BCUT2D eigenvalue weighted by Gasteiger charge is 2.20. The van der Waals surface area contributed by atoms with Crippen molar-refractivity contribution >= 4 is 0 Å². The monoisotopic (exact) mass is 359 g/mol. The molecule has 27 heavy (non-hydrogen) atoms. The largest absolute Gasteiger partial charge is 0.192 e. The molecule has 2 aromatic rings. The van der Waals surface area contributed by atoms with Crippen LogP contribution in [0.25, 0.3) is 11.1 Å². The van der Waals surface area contributed by atoms with Crippen molar-refractivity contribution in [3.05, 3.63) is 59.2 Å². The minimum Gasteiger partial charge on any atom is -0.192 e. The smallest absolute Gasteiger partial charge is 0.0991 e. The predicted molar refractivity (Wildman–Crippen MR) is 115 cm³/mol. The number of benzene rings is 2. The van der Waals surface area contributed by atoms with Gasteiger partial charge in [-0.15, -0.1) is 0 Å². The quantitative estimate of drug-likeness (QED) is 0.503. The molecule has 3 rings (SSSR count). The Morgan fingerprint density at radius 1 is 0.926 bits per heavy atom. The summed E-state index contributed by atoms with van der Waals surface area (Å²) in [5, 5.41) is 8.96. The van der Waals surface area contributed by atoms with E-state index in [9.17, 15) is 0 Å². The molecule has 0 N–H and O–H groups in total. The predicted octanol–water partition coefficient (Wildman–Crippen LogP) is 7.46. The maximum Gasteiger partial charge on any atom is 0.0991 e. The molecule has 0 saturated heterocycles. The van der Waals surface area contributed by atoms with Gasteiger partial charge in [-0.05, 0) is 66.0 Å². The van der Waals surface area contributed by atoms with Crippen LogP contribution >= 0.6 is 0 Å². The standard InChI is InChI=1S/C26H33N/c1-3-4-5-21-6-8-22(9-7-21)10-11-23-14-17-26(20(2)18-23)25-15-12-24(19-27)13-16-25/h12-18,21-22H,3-11H2,1-2H3. The fourth-order valence-electron chi connectivity index (χ4n) is 4.60. The van der Waals surface area contributed by atoms with E-state index in [1.165, 1.54) is 80.0 Å². The summed E-state index contributed by atoms with van der Waals surface area (Å²) < 4.78 is 0. The highest BCUT2D eigenvalue weighted by atomic mass is 14.3. The minimum absolute atomic E-state index is 0.720. The van der Waals surface area contributed by atoms with Gasteiger partial charge in [0.1, 0.15) is 0 Å². The molecule has 0 radical (unpaired) electrons. The third kappa shape index (κ3) is 5.46. The number of nitrogens with zero attached hydrogens (tertiary/aromatic N) is 1. The fraction of sp³-hybridized carbons (Fsp3) is 0.500. The van der Waals surface area contributed by atoms with E-state index >= 15 is 0 Å². The van der Waals surface area contributed by atoms with Crippen LogP contribution in [-0.2, 0) is 6.42 Å². The Morgan fingerprint density at radius 2 is 1.59 bits per heavy atom. The Bertz CT molecular complexity index is 758. The molecule has 142 valence electrons. The SMILES string of the molecule is CCCCC1CCC(CCc2ccc(-c3ccc(C#N)cc3)c(C)c2)CC1. The van der Waals surface area contributed by atoms with Gasteiger partial charge in [-0.2, -0.15) is 5.26 Å². The van der Waals surface area contributed by atoms with Crippen LogP contribution in [0.2, 0.25) is 0 Å². The highest BCUT2D eigenvalue weighted by Crippen LogP contribution is 2.34. The third-order valence-electron chi connectivity index (χ3n) is 6.39.